The summed E-state index contributed by atoms with van der Waals surface area (Å²) in [5.41, 5.74) is -8.54. The maximum Gasteiger partial charge on any atom is 0.266 e. The lowest BCUT2D eigenvalue weighted by Gasteiger charge is -2.18. The van der Waals surface area contributed by atoms with Crippen LogP contribution in [0.3, 0.4) is 0 Å². The van der Waals surface area contributed by atoms with Crippen LogP contribution in [0.15, 0.2) is 130 Å². The van der Waals surface area contributed by atoms with Gasteiger partial charge in [-0.15, -0.1) is 0 Å². The first-order valence-electron chi connectivity index (χ1n) is 40.4. The van der Waals surface area contributed by atoms with Gasteiger partial charge in [-0.1, -0.05) is 157 Å². The molecule has 24 heteroatoms. The summed E-state index contributed by atoms with van der Waals surface area (Å²) in [6, 6.07) is 16.7. The Kier molecular flexibility index (Phi) is 24.8. The normalized spacial score (nSPS) is 12.5. The molecule has 24 nitrogen and oxygen atoms in total. The van der Waals surface area contributed by atoms with Crippen LogP contribution in [0.5, 0.6) is 34.5 Å². The molecule has 0 atom stereocenters. The van der Waals surface area contributed by atoms with Crippen molar-refractivity contribution in [1.29, 1.82) is 0 Å². The Labute approximate surface area is 644 Å². The van der Waals surface area contributed by atoms with Gasteiger partial charge in [-0.2, -0.15) is 0 Å². The summed E-state index contributed by atoms with van der Waals surface area (Å²) in [6.45, 7) is 11.9. The van der Waals surface area contributed by atoms with Crippen LogP contribution in [0.25, 0.3) is 76.0 Å². The van der Waals surface area contributed by atoms with E-state index in [1.807, 2.05) is 13.8 Å². The van der Waals surface area contributed by atoms with E-state index in [0.29, 0.717) is 60.8 Å². The molecule has 28 rings (SSSR count). The molecule has 16 aliphatic rings. The highest BCUT2D eigenvalue weighted by molar-refractivity contribution is 6.00. The number of hydrogen-bond acceptors (Lipinski definition) is 18. The van der Waals surface area contributed by atoms with E-state index in [-0.39, 0.29) is 176 Å². The van der Waals surface area contributed by atoms with Crippen molar-refractivity contribution in [2.24, 2.45) is 0 Å². The van der Waals surface area contributed by atoms with E-state index in [9.17, 15) is 19.2 Å². The monoisotopic (exact) mass is 1530 g/mol. The number of nitrogens with zero attached hydrogens (tertiary/aromatic N) is 6. The van der Waals surface area contributed by atoms with Crippen LogP contribution < -0.4 is 95.1 Å². The number of unbranched alkanes of at least 4 members (excludes halogenated alkanes) is 18. The first-order chi connectivity index (χ1) is 54.4. The first kappa shape index (κ1) is 79.1. The summed E-state index contributed by atoms with van der Waals surface area (Å²) in [5, 5.41) is -1.88. The van der Waals surface area contributed by atoms with Crippen molar-refractivity contribution in [3.05, 3.63) is 219 Å². The highest BCUT2D eigenvalue weighted by Crippen LogP contribution is 2.37. The van der Waals surface area contributed by atoms with E-state index in [1.54, 1.807) is 24.3 Å². The largest absolute Gasteiger partial charge is 0.493 e. The summed E-state index contributed by atoms with van der Waals surface area (Å²) < 4.78 is 45.0. The molecule has 0 spiro atoms. The molecule has 112 heavy (non-hydrogen) atoms. The topological polar surface area (TPSA) is 290 Å². The van der Waals surface area contributed by atoms with Crippen LogP contribution in [0, 0.1) is 0 Å². The third kappa shape index (κ3) is 15.6. The van der Waals surface area contributed by atoms with Gasteiger partial charge in [0, 0.05) is 34.4 Å². The fraction of sp³-hybridized carbons (Fsp3) is 0.455. The minimum atomic E-state index is -0.878. The van der Waals surface area contributed by atoms with E-state index in [1.165, 1.54) is 48.5 Å². The minimum Gasteiger partial charge on any atom is -0.493 e. The van der Waals surface area contributed by atoms with Crippen LogP contribution in [0.2, 0.25) is 0 Å². The van der Waals surface area contributed by atoms with Gasteiger partial charge >= 0.3 is 0 Å². The number of rotatable bonds is 36. The molecule has 12 aromatic rings. The van der Waals surface area contributed by atoms with Gasteiger partial charge in [0.2, 0.25) is 0 Å². The van der Waals surface area contributed by atoms with Gasteiger partial charge in [-0.3, -0.25) is 75.8 Å². The van der Waals surface area contributed by atoms with Crippen LogP contribution in [-0.2, 0) is 26.2 Å². The molecule has 0 radical (unpaired) electrons. The molecule has 0 saturated heterocycles. The summed E-state index contributed by atoms with van der Waals surface area (Å²) in [5.74, 6) is 0.694. The predicted molar refractivity (Wildman–Crippen MR) is 438 cm³/mol. The molecule has 6 aromatic carbocycles. The molecule has 16 aliphatic heterocycles. The SMILES string of the molecule is CCCCCCOc1cc2c(OCCCCCC)cc1Cn1c(=O)c3cc4c(=O)n(c(=O)c4cc3c1=O)Cc1cc(OCCCCCC)c(cc1OCCCCCC)Cn1c(=O)c3cc4c(=O)n(c(=O)c4cc3c1=O)-c1cc(OCCCCCC)c(cc1OCCCCCC)-n1c(=O)c3cc4c(=O)n(c(=O)c4cc3c1=O)C2. The molecule has 0 aliphatic carbocycles. The Morgan fingerprint density at radius 3 is 0.554 bits per heavy atom. The summed E-state index contributed by atoms with van der Waals surface area (Å²) in [6.07, 6.45) is 19.4. The molecular formula is C88H98N6O18. The van der Waals surface area contributed by atoms with Gasteiger partial charge in [-0.25, -0.2) is 9.13 Å². The van der Waals surface area contributed by atoms with Gasteiger partial charge in [0.1, 0.15) is 34.5 Å². The van der Waals surface area contributed by atoms with Crippen LogP contribution in [-0.4, -0.2) is 67.0 Å². The fourth-order valence-corrected chi connectivity index (χ4v) is 15.5. The summed E-state index contributed by atoms with van der Waals surface area (Å²) >= 11 is 0. The second-order valence-electron chi connectivity index (χ2n) is 29.9. The van der Waals surface area contributed by atoms with Crippen molar-refractivity contribution >= 4 is 64.6 Å². The number of benzene rings is 6. The van der Waals surface area contributed by atoms with Crippen molar-refractivity contribution in [3.63, 3.8) is 0 Å². The third-order valence-electron chi connectivity index (χ3n) is 21.9. The molecule has 0 fully saturated rings. The molecule has 0 unspecified atom stereocenters. The van der Waals surface area contributed by atoms with Gasteiger partial charge in [-0.05, 0) is 99.2 Å². The van der Waals surface area contributed by atoms with Crippen LogP contribution in [0.1, 0.15) is 218 Å². The molecule has 588 valence electrons. The second kappa shape index (κ2) is 35.1. The predicted octanol–water partition coefficient (Wildman–Crippen LogP) is 12.6. The average molecular weight is 1530 g/mol. The molecule has 22 heterocycles. The van der Waals surface area contributed by atoms with E-state index in [0.717, 1.165) is 143 Å². The van der Waals surface area contributed by atoms with E-state index in [4.69, 9.17) is 28.4 Å². The zero-order chi connectivity index (χ0) is 79.0. The minimum absolute atomic E-state index is 0.0646. The highest BCUT2D eigenvalue weighted by Gasteiger charge is 2.30. The molecule has 6 aromatic heterocycles. The summed E-state index contributed by atoms with van der Waals surface area (Å²) in [4.78, 5) is 181. The van der Waals surface area contributed by atoms with E-state index >= 15 is 38.4 Å². The average Bonchev–Trinajstić information content (AvgIpc) is 1.58. The van der Waals surface area contributed by atoms with Crippen molar-refractivity contribution in [1.82, 2.24) is 27.4 Å². The lowest BCUT2D eigenvalue weighted by Crippen LogP contribution is -2.27. The Morgan fingerprint density at radius 1 is 0.205 bits per heavy atom. The highest BCUT2D eigenvalue weighted by atomic mass is 16.5. The Balaban J connectivity index is 1.04. The summed E-state index contributed by atoms with van der Waals surface area (Å²) in [7, 11) is 0. The smallest absolute Gasteiger partial charge is 0.266 e. The lowest BCUT2D eigenvalue weighted by molar-refractivity contribution is 0.291. The molecule has 0 saturated carbocycles. The van der Waals surface area contributed by atoms with Crippen LogP contribution in [0.4, 0.5) is 0 Å². The Bertz CT molecular complexity index is 5610. The van der Waals surface area contributed by atoms with Gasteiger partial charge < -0.3 is 28.4 Å². The van der Waals surface area contributed by atoms with Gasteiger partial charge in [0.25, 0.3) is 66.7 Å². The van der Waals surface area contributed by atoms with Crippen molar-refractivity contribution in [3.8, 4) is 45.9 Å². The molecule has 24 bridgehead atoms. The Morgan fingerprint density at radius 2 is 0.375 bits per heavy atom. The van der Waals surface area contributed by atoms with E-state index in [2.05, 4.69) is 27.7 Å². The quantitative estimate of drug-likeness (QED) is 0.0330. The van der Waals surface area contributed by atoms with Crippen LogP contribution >= 0.6 is 0 Å². The van der Waals surface area contributed by atoms with E-state index < -0.39 is 66.7 Å². The van der Waals surface area contributed by atoms with Gasteiger partial charge in [0.15, 0.2) is 0 Å². The van der Waals surface area contributed by atoms with Crippen molar-refractivity contribution in [2.45, 2.75) is 222 Å². The molecule has 0 N–H and O–H groups in total. The van der Waals surface area contributed by atoms with Gasteiger partial charge in [0.05, 0.1) is 142 Å². The standard InChI is InChI=1S/C88H98N6O18/c1-7-13-19-25-31-107-71-39-55-51-91-81(99)61-43-65-66(44-62(61)82(91)100)86(104)93(85(65)103)69-47-76(112-36-30-24-18-12-6)70(48-75(69)111-35-29-23-17-11-5)94-87(105)67-45-63-64(46-68(67)88(94)106)84(102)92(83(63)101)52-56-40-72(108-32-26-20-14-8-2)54(38-74(56)110-34-28-22-16-10-4)50-90-79(97)59-41-57-58(42-60(59)80(90)98)78(96)89(77(57)95)49-53(71)37-73(55)109-33-27-21-15-9-3/h37-48H,7-36,49-52H2,1-6H3. The number of ether oxygens (including phenoxy) is 6. The number of hydrogen-bond donors (Lipinski definition) is 0. The van der Waals surface area contributed by atoms with Crippen molar-refractivity contribution in [2.75, 3.05) is 39.6 Å². The zero-order valence-corrected chi connectivity index (χ0v) is 65.0. The maximum absolute atomic E-state index is 15.3. The maximum atomic E-state index is 15.3. The molecular weight excluding hydrogens is 1430 g/mol. The lowest BCUT2D eigenvalue weighted by atomic mass is 10.1. The fourth-order valence-electron chi connectivity index (χ4n) is 15.5. The number of aromatic nitrogens is 6. The second-order valence-corrected chi connectivity index (χ2v) is 29.9. The third-order valence-corrected chi connectivity index (χ3v) is 21.9. The first-order valence-corrected chi connectivity index (χ1v) is 40.4. The van der Waals surface area contributed by atoms with Crippen molar-refractivity contribution < 1.29 is 28.4 Å². The Hall–Kier alpha value is -11.0. The molecule has 0 amide bonds. The zero-order valence-electron chi connectivity index (χ0n) is 65.0.